The van der Waals surface area contributed by atoms with Gasteiger partial charge in [-0.1, -0.05) is 44.9 Å². The molecule has 1 saturated heterocycles. The Kier molecular flexibility index (Phi) is 7.73. The standard InChI is InChI=1S/C22H28N4O.CH4/c1-4-7-8-17(5-2)18-9-10-19-20(15-18)23-16-24-22(19)26-13-11-25(12-14-26)21(27)6-3;/h4-8,16,18H,1,3,9-15H2,2H3;1H4/b8-7-,17-5+;. The zero-order valence-electron chi connectivity index (χ0n) is 16.1. The lowest BCUT2D eigenvalue weighted by Crippen LogP contribution is -2.49. The van der Waals surface area contributed by atoms with Gasteiger partial charge in [0.1, 0.15) is 12.1 Å². The normalized spacial score (nSPS) is 19.8. The minimum Gasteiger partial charge on any atom is -0.353 e. The second-order valence-corrected chi connectivity index (χ2v) is 6.96. The molecular formula is C23H32N4O. The van der Waals surface area contributed by atoms with Gasteiger partial charge in [0.2, 0.25) is 5.91 Å². The van der Waals surface area contributed by atoms with Crippen LogP contribution in [0.15, 0.2) is 55.4 Å². The third-order valence-corrected chi connectivity index (χ3v) is 5.49. The topological polar surface area (TPSA) is 49.3 Å². The lowest BCUT2D eigenvalue weighted by atomic mass is 9.82. The van der Waals surface area contributed by atoms with Gasteiger partial charge >= 0.3 is 0 Å². The van der Waals surface area contributed by atoms with Crippen molar-refractivity contribution in [1.29, 1.82) is 0 Å². The van der Waals surface area contributed by atoms with Crippen molar-refractivity contribution in [3.63, 3.8) is 0 Å². The minimum atomic E-state index is 0. The third-order valence-electron chi connectivity index (χ3n) is 5.49. The van der Waals surface area contributed by atoms with E-state index < -0.39 is 0 Å². The van der Waals surface area contributed by atoms with Crippen molar-refractivity contribution in [3.05, 3.63) is 66.7 Å². The summed E-state index contributed by atoms with van der Waals surface area (Å²) >= 11 is 0. The molecule has 0 bridgehead atoms. The van der Waals surface area contributed by atoms with Gasteiger partial charge in [-0.15, -0.1) is 0 Å². The van der Waals surface area contributed by atoms with Gasteiger partial charge in [-0.3, -0.25) is 4.79 Å². The van der Waals surface area contributed by atoms with E-state index in [2.05, 4.69) is 47.1 Å². The van der Waals surface area contributed by atoms with Crippen molar-refractivity contribution in [3.8, 4) is 0 Å². The number of nitrogens with zero attached hydrogens (tertiary/aromatic N) is 4. The molecule has 1 aromatic heterocycles. The number of allylic oxidation sites excluding steroid dienone is 5. The number of aromatic nitrogens is 2. The Labute approximate surface area is 169 Å². The predicted octanol–water partition coefficient (Wildman–Crippen LogP) is 3.74. The first-order chi connectivity index (χ1) is 13.2. The number of amides is 1. The molecule has 1 aliphatic carbocycles. The Hall–Kier alpha value is -2.69. The van der Waals surface area contributed by atoms with Gasteiger partial charge in [0.25, 0.3) is 0 Å². The number of carbonyl (C=O) groups excluding carboxylic acids is 1. The molecular weight excluding hydrogens is 348 g/mol. The fourth-order valence-electron chi connectivity index (χ4n) is 4.00. The predicted molar refractivity (Wildman–Crippen MR) is 116 cm³/mol. The van der Waals surface area contributed by atoms with Crippen LogP contribution in [0.1, 0.15) is 32.0 Å². The second kappa shape index (κ2) is 10.0. The van der Waals surface area contributed by atoms with E-state index >= 15 is 0 Å². The van der Waals surface area contributed by atoms with Gasteiger partial charge in [0.15, 0.2) is 0 Å². The highest BCUT2D eigenvalue weighted by atomic mass is 16.2. The molecule has 5 nitrogen and oxygen atoms in total. The number of hydrogen-bond donors (Lipinski definition) is 0. The molecule has 2 aliphatic rings. The molecule has 0 spiro atoms. The van der Waals surface area contributed by atoms with E-state index in [1.807, 2.05) is 17.1 Å². The molecule has 2 heterocycles. The highest BCUT2D eigenvalue weighted by Gasteiger charge is 2.28. The molecule has 0 aromatic carbocycles. The van der Waals surface area contributed by atoms with Crippen molar-refractivity contribution in [1.82, 2.24) is 14.9 Å². The molecule has 1 fully saturated rings. The summed E-state index contributed by atoms with van der Waals surface area (Å²) in [7, 11) is 0. The van der Waals surface area contributed by atoms with Gasteiger partial charge in [-0.25, -0.2) is 9.97 Å². The molecule has 1 unspecified atom stereocenters. The fourth-order valence-corrected chi connectivity index (χ4v) is 4.00. The molecule has 1 aliphatic heterocycles. The maximum absolute atomic E-state index is 11.8. The quantitative estimate of drug-likeness (QED) is 0.577. The van der Waals surface area contributed by atoms with Crippen LogP contribution in [-0.4, -0.2) is 47.0 Å². The van der Waals surface area contributed by atoms with Crippen LogP contribution in [0.2, 0.25) is 0 Å². The Morgan fingerprint density at radius 3 is 2.61 bits per heavy atom. The lowest BCUT2D eigenvalue weighted by Gasteiger charge is -2.37. The van der Waals surface area contributed by atoms with E-state index in [9.17, 15) is 4.79 Å². The average Bonchev–Trinajstić information content (AvgIpc) is 2.73. The van der Waals surface area contributed by atoms with E-state index in [1.165, 1.54) is 17.2 Å². The van der Waals surface area contributed by atoms with Crippen molar-refractivity contribution in [2.75, 3.05) is 31.1 Å². The van der Waals surface area contributed by atoms with Gasteiger partial charge in [-0.05, 0) is 43.8 Å². The maximum Gasteiger partial charge on any atom is 0.246 e. The van der Waals surface area contributed by atoms with Crippen molar-refractivity contribution < 1.29 is 4.79 Å². The summed E-state index contributed by atoms with van der Waals surface area (Å²) in [6.45, 7) is 12.5. The summed E-state index contributed by atoms with van der Waals surface area (Å²) in [6.07, 6.45) is 14.3. The summed E-state index contributed by atoms with van der Waals surface area (Å²) < 4.78 is 0. The minimum absolute atomic E-state index is 0. The van der Waals surface area contributed by atoms with E-state index in [0.29, 0.717) is 19.0 Å². The number of rotatable bonds is 5. The van der Waals surface area contributed by atoms with Crippen LogP contribution in [0, 0.1) is 5.92 Å². The van der Waals surface area contributed by atoms with Crippen LogP contribution in [0.3, 0.4) is 0 Å². The summed E-state index contributed by atoms with van der Waals surface area (Å²) in [5.74, 6) is 1.55. The zero-order chi connectivity index (χ0) is 19.2. The van der Waals surface area contributed by atoms with Gasteiger partial charge < -0.3 is 9.80 Å². The Morgan fingerprint density at radius 1 is 1.21 bits per heavy atom. The van der Waals surface area contributed by atoms with Gasteiger partial charge in [0, 0.05) is 37.4 Å². The molecule has 1 atom stereocenters. The summed E-state index contributed by atoms with van der Waals surface area (Å²) in [6, 6.07) is 0. The maximum atomic E-state index is 11.8. The van der Waals surface area contributed by atoms with Crippen molar-refractivity contribution >= 4 is 11.7 Å². The van der Waals surface area contributed by atoms with Crippen molar-refractivity contribution in [2.24, 2.45) is 5.92 Å². The van der Waals surface area contributed by atoms with Crippen LogP contribution >= 0.6 is 0 Å². The molecule has 3 rings (SSSR count). The van der Waals surface area contributed by atoms with Crippen LogP contribution in [-0.2, 0) is 17.6 Å². The second-order valence-electron chi connectivity index (χ2n) is 6.96. The smallest absolute Gasteiger partial charge is 0.246 e. The number of piperazine rings is 1. The Balaban J connectivity index is 0.00000280. The number of hydrogen-bond acceptors (Lipinski definition) is 4. The molecule has 0 radical (unpaired) electrons. The van der Waals surface area contributed by atoms with Crippen LogP contribution in [0.25, 0.3) is 0 Å². The SMILES string of the molecule is C.C=C/C=C\C(=C/C)C1CCc2c(ncnc2N2CCN(C(=O)C=C)CC2)C1. The summed E-state index contributed by atoms with van der Waals surface area (Å²) in [5, 5.41) is 0. The molecule has 5 heteroatoms. The first-order valence-corrected chi connectivity index (χ1v) is 9.62. The van der Waals surface area contributed by atoms with Crippen LogP contribution in [0.4, 0.5) is 5.82 Å². The molecule has 150 valence electrons. The first kappa shape index (κ1) is 21.6. The average molecular weight is 381 g/mol. The highest BCUT2D eigenvalue weighted by Crippen LogP contribution is 2.34. The van der Waals surface area contributed by atoms with Crippen molar-refractivity contribution in [2.45, 2.75) is 33.6 Å². The molecule has 0 N–H and O–H groups in total. The van der Waals surface area contributed by atoms with E-state index in [4.69, 9.17) is 0 Å². The van der Waals surface area contributed by atoms with Gasteiger partial charge in [0.05, 0.1) is 0 Å². The molecule has 1 amide bonds. The lowest BCUT2D eigenvalue weighted by molar-refractivity contribution is -0.126. The van der Waals surface area contributed by atoms with Crippen LogP contribution < -0.4 is 4.90 Å². The fraction of sp³-hybridized carbons (Fsp3) is 0.435. The van der Waals surface area contributed by atoms with Crippen LogP contribution in [0.5, 0.6) is 0 Å². The monoisotopic (exact) mass is 380 g/mol. The Morgan fingerprint density at radius 2 is 1.96 bits per heavy atom. The molecule has 28 heavy (non-hydrogen) atoms. The third kappa shape index (κ3) is 4.58. The van der Waals surface area contributed by atoms with E-state index in [-0.39, 0.29) is 13.3 Å². The highest BCUT2D eigenvalue weighted by molar-refractivity contribution is 5.87. The first-order valence-electron chi connectivity index (χ1n) is 9.62. The summed E-state index contributed by atoms with van der Waals surface area (Å²) in [4.78, 5) is 25.1. The van der Waals surface area contributed by atoms with E-state index in [0.717, 1.165) is 43.9 Å². The number of carbonyl (C=O) groups is 1. The molecule has 0 saturated carbocycles. The summed E-state index contributed by atoms with van der Waals surface area (Å²) in [5.41, 5.74) is 3.78. The zero-order valence-corrected chi connectivity index (χ0v) is 16.1. The Bertz CT molecular complexity index is 773. The number of fused-ring (bicyclic) bond motifs is 1. The van der Waals surface area contributed by atoms with E-state index in [1.54, 1.807) is 6.33 Å². The molecule has 1 aromatic rings. The largest absolute Gasteiger partial charge is 0.353 e. The number of anilines is 1. The van der Waals surface area contributed by atoms with Gasteiger partial charge in [-0.2, -0.15) is 0 Å².